The Hall–Kier alpha value is -2.55. The van der Waals surface area contributed by atoms with Crippen LogP contribution in [0.1, 0.15) is 37.8 Å². The molecule has 9 nitrogen and oxygen atoms in total. The van der Waals surface area contributed by atoms with E-state index in [1.165, 1.54) is 7.11 Å². The minimum atomic E-state index is -0.222. The lowest BCUT2D eigenvalue weighted by Crippen LogP contribution is -2.58. The van der Waals surface area contributed by atoms with Crippen LogP contribution in [0.5, 0.6) is 0 Å². The zero-order valence-electron chi connectivity index (χ0n) is 16.9. The van der Waals surface area contributed by atoms with Crippen LogP contribution in [0.3, 0.4) is 0 Å². The number of fused-ring (bicyclic) bond motifs is 2. The average molecular weight is 420 g/mol. The summed E-state index contributed by atoms with van der Waals surface area (Å²) in [4.78, 5) is 25.3. The number of halogens is 1. The molecule has 2 aromatic rings. The smallest absolute Gasteiger partial charge is 0.409 e. The average Bonchev–Trinajstić information content (AvgIpc) is 3.09. The Kier molecular flexibility index (Phi) is 5.49. The van der Waals surface area contributed by atoms with Gasteiger partial charge in [-0.1, -0.05) is 11.6 Å². The van der Waals surface area contributed by atoms with Crippen molar-refractivity contribution >= 4 is 35.3 Å². The molecule has 4 rings (SSSR count). The molecule has 0 aliphatic carbocycles. The van der Waals surface area contributed by atoms with Gasteiger partial charge in [-0.2, -0.15) is 10.1 Å². The van der Waals surface area contributed by atoms with E-state index in [0.29, 0.717) is 22.7 Å². The van der Waals surface area contributed by atoms with E-state index in [2.05, 4.69) is 30.4 Å². The Balaban J connectivity index is 1.52. The molecular formula is C19H26ClN7O2. The minimum absolute atomic E-state index is 0.186. The third-order valence-electron chi connectivity index (χ3n) is 5.84. The molecule has 4 heterocycles. The highest BCUT2D eigenvalue weighted by Gasteiger charge is 2.42. The minimum Gasteiger partial charge on any atom is -0.453 e. The van der Waals surface area contributed by atoms with E-state index >= 15 is 0 Å². The first-order chi connectivity index (χ1) is 13.9. The summed E-state index contributed by atoms with van der Waals surface area (Å²) < 4.78 is 5.01. The van der Waals surface area contributed by atoms with E-state index in [9.17, 15) is 4.79 Å². The van der Waals surface area contributed by atoms with Gasteiger partial charge in [0.15, 0.2) is 5.82 Å². The Morgan fingerprint density at radius 3 is 2.62 bits per heavy atom. The van der Waals surface area contributed by atoms with E-state index < -0.39 is 0 Å². The van der Waals surface area contributed by atoms with Gasteiger partial charge in [-0.25, -0.2) is 9.78 Å². The van der Waals surface area contributed by atoms with Crippen LogP contribution >= 0.6 is 11.6 Å². The fraction of sp³-hybridized carbons (Fsp3) is 0.579. The molecule has 2 aliphatic rings. The molecule has 2 bridgehead atoms. The lowest BCUT2D eigenvalue weighted by Gasteiger charge is -2.49. The van der Waals surface area contributed by atoms with E-state index in [-0.39, 0.29) is 24.2 Å². The number of carbonyl (C=O) groups is 1. The van der Waals surface area contributed by atoms with Gasteiger partial charge in [0.05, 0.1) is 7.11 Å². The number of ether oxygens (including phenoxy) is 1. The van der Waals surface area contributed by atoms with E-state index in [1.54, 1.807) is 6.07 Å². The van der Waals surface area contributed by atoms with E-state index in [0.717, 1.165) is 37.8 Å². The topological polar surface area (TPSA) is 99.3 Å². The number of carbonyl (C=O) groups excluding carboxylic acids is 1. The van der Waals surface area contributed by atoms with Gasteiger partial charge in [0.1, 0.15) is 11.0 Å². The van der Waals surface area contributed by atoms with Crippen LogP contribution in [0.2, 0.25) is 5.15 Å². The van der Waals surface area contributed by atoms with Crippen molar-refractivity contribution in [3.05, 3.63) is 23.0 Å². The van der Waals surface area contributed by atoms with Crippen LogP contribution in [0.15, 0.2) is 12.1 Å². The van der Waals surface area contributed by atoms with Crippen molar-refractivity contribution in [3.8, 4) is 0 Å². The molecule has 2 saturated heterocycles. The van der Waals surface area contributed by atoms with Crippen LogP contribution in [0.4, 0.5) is 22.4 Å². The second kappa shape index (κ2) is 8.06. The summed E-state index contributed by atoms with van der Waals surface area (Å²) in [6.07, 6.45) is 4.64. The van der Waals surface area contributed by atoms with E-state index in [1.807, 2.05) is 24.9 Å². The Labute approximate surface area is 174 Å². The predicted octanol–water partition coefficient (Wildman–Crippen LogP) is 3.49. The standard InChI is InChI=1S/C19H26ClN7O2/c1-11-7-17(25-24-11)22-16-10-15(20)21-18(23-16)26(2)14-8-12-5-4-6-13(9-14)27(12)19(28)29-3/h7,10,12-14H,4-6,8-9H2,1-3H3,(H2,21,22,23,24,25)/t12-,13+,14-. The normalized spacial score (nSPS) is 23.6. The number of aromatic nitrogens is 4. The zero-order valence-corrected chi connectivity index (χ0v) is 17.6. The first kappa shape index (κ1) is 19.8. The molecule has 2 fully saturated rings. The number of H-pyrrole nitrogens is 1. The van der Waals surface area contributed by atoms with E-state index in [4.69, 9.17) is 16.3 Å². The number of methoxy groups -OCH3 is 1. The quantitative estimate of drug-likeness (QED) is 0.731. The summed E-state index contributed by atoms with van der Waals surface area (Å²) in [6.45, 7) is 1.93. The van der Waals surface area contributed by atoms with Gasteiger partial charge < -0.3 is 19.9 Å². The van der Waals surface area contributed by atoms with Gasteiger partial charge >= 0.3 is 6.09 Å². The molecule has 2 N–H and O–H groups in total. The maximum absolute atomic E-state index is 12.2. The molecule has 156 valence electrons. The van der Waals surface area contributed by atoms with Gasteiger partial charge in [-0.15, -0.1) is 0 Å². The number of anilines is 3. The molecule has 3 atom stereocenters. The second-order valence-electron chi connectivity index (χ2n) is 7.79. The molecule has 0 radical (unpaired) electrons. The van der Waals surface area contributed by atoms with Crippen LogP contribution < -0.4 is 10.2 Å². The number of aromatic amines is 1. The highest BCUT2D eigenvalue weighted by Crippen LogP contribution is 2.37. The second-order valence-corrected chi connectivity index (χ2v) is 8.18. The molecule has 0 unspecified atom stereocenters. The zero-order chi connectivity index (χ0) is 20.5. The summed E-state index contributed by atoms with van der Waals surface area (Å²) in [6, 6.07) is 4.17. The van der Waals surface area contributed by atoms with Gasteiger partial charge in [-0.05, 0) is 39.0 Å². The first-order valence-electron chi connectivity index (χ1n) is 9.87. The number of hydrogen-bond acceptors (Lipinski definition) is 7. The molecule has 1 amide bonds. The van der Waals surface area contributed by atoms with Crippen molar-refractivity contribution in [1.82, 2.24) is 25.1 Å². The summed E-state index contributed by atoms with van der Waals surface area (Å²) in [5, 5.41) is 10.6. The lowest BCUT2D eigenvalue weighted by molar-refractivity contribution is 0.0260. The third kappa shape index (κ3) is 4.10. The van der Waals surface area contributed by atoms with Gasteiger partial charge in [-0.3, -0.25) is 5.10 Å². The van der Waals surface area contributed by atoms with Crippen LogP contribution in [0, 0.1) is 6.92 Å². The summed E-state index contributed by atoms with van der Waals surface area (Å²) in [7, 11) is 3.44. The largest absolute Gasteiger partial charge is 0.453 e. The van der Waals surface area contributed by atoms with Gasteiger partial charge in [0, 0.05) is 43.0 Å². The molecule has 0 aromatic carbocycles. The van der Waals surface area contributed by atoms with Crippen molar-refractivity contribution in [3.63, 3.8) is 0 Å². The third-order valence-corrected chi connectivity index (χ3v) is 6.04. The Bertz CT molecular complexity index is 875. The molecule has 29 heavy (non-hydrogen) atoms. The number of aryl methyl sites for hydroxylation is 1. The van der Waals surface area contributed by atoms with Crippen molar-refractivity contribution in [2.24, 2.45) is 0 Å². The summed E-state index contributed by atoms with van der Waals surface area (Å²) >= 11 is 6.27. The summed E-state index contributed by atoms with van der Waals surface area (Å²) in [5.41, 5.74) is 0.953. The molecule has 2 aromatic heterocycles. The van der Waals surface area contributed by atoms with Crippen molar-refractivity contribution < 1.29 is 9.53 Å². The van der Waals surface area contributed by atoms with Crippen molar-refractivity contribution in [2.45, 2.75) is 57.2 Å². The molecule has 2 aliphatic heterocycles. The Morgan fingerprint density at radius 2 is 2.00 bits per heavy atom. The molecule has 0 saturated carbocycles. The number of nitrogens with zero attached hydrogens (tertiary/aromatic N) is 5. The molecular weight excluding hydrogens is 394 g/mol. The highest BCUT2D eigenvalue weighted by molar-refractivity contribution is 6.29. The summed E-state index contributed by atoms with van der Waals surface area (Å²) in [5.74, 6) is 1.82. The maximum atomic E-state index is 12.2. The van der Waals surface area contributed by atoms with Crippen LogP contribution in [-0.4, -0.2) is 63.4 Å². The Morgan fingerprint density at radius 1 is 1.28 bits per heavy atom. The van der Waals surface area contributed by atoms with Gasteiger partial charge in [0.2, 0.25) is 5.95 Å². The SMILES string of the molecule is COC(=O)N1[C@@H]2CCC[C@H]1C[C@H](N(C)c1nc(Cl)cc(Nc3cc(C)[nH]n3)n1)C2. The monoisotopic (exact) mass is 419 g/mol. The lowest BCUT2D eigenvalue weighted by atomic mass is 9.81. The number of nitrogens with one attached hydrogen (secondary N) is 2. The first-order valence-corrected chi connectivity index (χ1v) is 10.2. The molecule has 0 spiro atoms. The molecule has 10 heteroatoms. The van der Waals surface area contributed by atoms with Crippen LogP contribution in [0.25, 0.3) is 0 Å². The van der Waals surface area contributed by atoms with Crippen molar-refractivity contribution in [1.29, 1.82) is 0 Å². The predicted molar refractivity (Wildman–Crippen MR) is 111 cm³/mol. The van der Waals surface area contributed by atoms with Crippen molar-refractivity contribution in [2.75, 3.05) is 24.4 Å². The van der Waals surface area contributed by atoms with Gasteiger partial charge in [0.25, 0.3) is 0 Å². The fourth-order valence-electron chi connectivity index (χ4n) is 4.48. The number of amides is 1. The number of rotatable bonds is 4. The van der Waals surface area contributed by atoms with Crippen LogP contribution in [-0.2, 0) is 4.74 Å². The fourth-order valence-corrected chi connectivity index (χ4v) is 4.66. The highest BCUT2D eigenvalue weighted by atomic mass is 35.5. The maximum Gasteiger partial charge on any atom is 0.409 e. The number of hydrogen-bond donors (Lipinski definition) is 2. The number of piperidine rings is 2.